The van der Waals surface area contributed by atoms with Gasteiger partial charge in [-0.1, -0.05) is 176 Å². The zero-order valence-electron chi connectivity index (χ0n) is 30.8. The molecule has 7 aromatic rings. The summed E-state index contributed by atoms with van der Waals surface area (Å²) in [6, 6.07) is 64.7. The third-order valence-corrected chi connectivity index (χ3v) is 12.6. The van der Waals surface area contributed by atoms with E-state index in [9.17, 15) is 9.90 Å². The third-order valence-electron chi connectivity index (χ3n) is 10.1. The minimum Gasteiger partial charge on any atom is -0.478 e. The Balaban J connectivity index is 1.34. The lowest BCUT2D eigenvalue weighted by Gasteiger charge is -2.24. The van der Waals surface area contributed by atoms with Crippen molar-refractivity contribution < 1.29 is 9.90 Å². The van der Waals surface area contributed by atoms with Gasteiger partial charge in [-0.15, -0.1) is 0 Å². The largest absolute Gasteiger partial charge is 0.478 e. The molecule has 0 saturated heterocycles. The predicted molar refractivity (Wildman–Crippen MR) is 228 cm³/mol. The zero-order chi connectivity index (χ0) is 37.0. The van der Waals surface area contributed by atoms with Gasteiger partial charge in [-0.05, 0) is 126 Å². The number of carboxylic acids is 1. The van der Waals surface area contributed by atoms with Crippen molar-refractivity contribution in [2.24, 2.45) is 0 Å². The van der Waals surface area contributed by atoms with Crippen molar-refractivity contribution in [3.63, 3.8) is 0 Å². The zero-order valence-corrected chi connectivity index (χ0v) is 31.7. The molecule has 0 fully saturated rings. The Morgan fingerprint density at radius 3 is 0.944 bits per heavy atom. The number of carbonyl (C=O) groups is 1. The lowest BCUT2D eigenvalue weighted by molar-refractivity contribution is 0.0698. The van der Waals surface area contributed by atoms with E-state index in [4.69, 9.17) is 0 Å². The first-order valence-electron chi connectivity index (χ1n) is 19.1. The van der Waals surface area contributed by atoms with E-state index >= 15 is 0 Å². The van der Waals surface area contributed by atoms with Crippen molar-refractivity contribution in [2.45, 2.75) is 51.4 Å². The maximum atomic E-state index is 12.9. The van der Waals surface area contributed by atoms with Crippen LogP contribution in [0.2, 0.25) is 0 Å². The van der Waals surface area contributed by atoms with E-state index in [1.54, 1.807) is 6.07 Å². The number of hydrogen-bond acceptors (Lipinski definition) is 1. The SMILES string of the molecule is O=C(O)c1ccccc1P(c1cc(CCc2ccccc2)cc(CCc2ccccc2)c1)c1cc(CCc2ccccc2)cc(CCc2ccccc2)c1. The van der Waals surface area contributed by atoms with Crippen molar-refractivity contribution in [3.05, 3.63) is 232 Å². The summed E-state index contributed by atoms with van der Waals surface area (Å²) in [6.07, 6.45) is 7.46. The third kappa shape index (κ3) is 10.1. The Morgan fingerprint density at radius 1 is 0.352 bits per heavy atom. The Morgan fingerprint density at radius 2 is 0.630 bits per heavy atom. The van der Waals surface area contributed by atoms with Crippen molar-refractivity contribution in [1.82, 2.24) is 0 Å². The van der Waals surface area contributed by atoms with Gasteiger partial charge >= 0.3 is 5.97 Å². The first-order valence-corrected chi connectivity index (χ1v) is 20.5. The molecule has 0 aliphatic rings. The minimum absolute atomic E-state index is 0.379. The van der Waals surface area contributed by atoms with E-state index in [1.165, 1.54) is 55.1 Å². The van der Waals surface area contributed by atoms with Gasteiger partial charge in [0, 0.05) is 0 Å². The maximum absolute atomic E-state index is 12.9. The van der Waals surface area contributed by atoms with E-state index in [0.717, 1.165) is 56.7 Å². The van der Waals surface area contributed by atoms with Crippen molar-refractivity contribution in [3.8, 4) is 0 Å². The molecule has 3 heteroatoms. The van der Waals surface area contributed by atoms with Crippen molar-refractivity contribution >= 4 is 29.8 Å². The van der Waals surface area contributed by atoms with Crippen LogP contribution >= 0.6 is 7.92 Å². The van der Waals surface area contributed by atoms with E-state index in [-0.39, 0.29) is 0 Å². The Labute approximate surface area is 322 Å². The first-order chi connectivity index (χ1) is 26.6. The highest BCUT2D eigenvalue weighted by Crippen LogP contribution is 2.36. The summed E-state index contributed by atoms with van der Waals surface area (Å²) in [4.78, 5) is 12.9. The van der Waals surface area contributed by atoms with Gasteiger partial charge in [0.1, 0.15) is 0 Å². The number of aromatic carboxylic acids is 1. The minimum atomic E-state index is -1.20. The molecule has 0 spiro atoms. The fraction of sp³-hybridized carbons (Fsp3) is 0.157. The van der Waals surface area contributed by atoms with Crippen LogP contribution in [0.3, 0.4) is 0 Å². The number of carboxylic acid groups (broad SMARTS) is 1. The average molecular weight is 723 g/mol. The van der Waals surface area contributed by atoms with Gasteiger partial charge < -0.3 is 5.11 Å². The van der Waals surface area contributed by atoms with Crippen molar-refractivity contribution in [1.29, 1.82) is 0 Å². The highest BCUT2D eigenvalue weighted by molar-refractivity contribution is 7.80. The molecule has 2 nitrogen and oxygen atoms in total. The molecule has 7 rings (SSSR count). The van der Waals surface area contributed by atoms with Gasteiger partial charge in [-0.3, -0.25) is 0 Å². The summed E-state index contributed by atoms with van der Waals surface area (Å²) in [5.41, 5.74) is 10.8. The van der Waals surface area contributed by atoms with Crippen LogP contribution in [-0.2, 0) is 51.4 Å². The van der Waals surface area contributed by atoms with E-state index in [2.05, 4.69) is 164 Å². The molecule has 268 valence electrons. The van der Waals surface area contributed by atoms with E-state index < -0.39 is 13.9 Å². The lowest BCUT2D eigenvalue weighted by Crippen LogP contribution is -2.26. The molecule has 0 unspecified atom stereocenters. The second kappa shape index (κ2) is 18.5. The lowest BCUT2D eigenvalue weighted by atomic mass is 9.99. The molecule has 0 bridgehead atoms. The second-order valence-corrected chi connectivity index (χ2v) is 16.3. The number of rotatable bonds is 16. The summed E-state index contributed by atoms with van der Waals surface area (Å²) in [5.74, 6) is -0.882. The summed E-state index contributed by atoms with van der Waals surface area (Å²) in [7, 11) is -1.20. The Hall–Kier alpha value is -5.56. The molecule has 0 atom stereocenters. The summed E-state index contributed by atoms with van der Waals surface area (Å²) in [5, 5.41) is 13.9. The molecule has 54 heavy (non-hydrogen) atoms. The fourth-order valence-electron chi connectivity index (χ4n) is 7.33. The summed E-state index contributed by atoms with van der Waals surface area (Å²) in [6.45, 7) is 0. The molecular weight excluding hydrogens is 676 g/mol. The summed E-state index contributed by atoms with van der Waals surface area (Å²) < 4.78 is 0. The number of benzene rings is 7. The smallest absolute Gasteiger partial charge is 0.336 e. The topological polar surface area (TPSA) is 37.3 Å². The highest BCUT2D eigenvalue weighted by atomic mass is 31.1. The van der Waals surface area contributed by atoms with E-state index in [0.29, 0.717) is 5.56 Å². The van der Waals surface area contributed by atoms with Gasteiger partial charge in [0.2, 0.25) is 0 Å². The highest BCUT2D eigenvalue weighted by Gasteiger charge is 2.24. The van der Waals surface area contributed by atoms with E-state index in [1.807, 2.05) is 12.1 Å². The quantitative estimate of drug-likeness (QED) is 0.101. The van der Waals surface area contributed by atoms with Gasteiger partial charge in [0.15, 0.2) is 0 Å². The standard InChI is InChI=1S/C51H47O2P/c52-51(53)49-23-13-14-24-50(49)54(47-35-43(29-25-39-15-5-1-6-16-39)33-44(36-47)30-26-40-17-7-2-8-18-40)48-37-45(31-27-41-19-9-3-10-20-41)34-46(38-48)32-28-42-21-11-4-12-22-42/h1-24,33-38H,25-32H2,(H,52,53). The molecular formula is C51H47O2P. The van der Waals surface area contributed by atoms with Gasteiger partial charge in [-0.25, -0.2) is 4.79 Å². The molecule has 0 amide bonds. The normalized spacial score (nSPS) is 11.1. The molecule has 0 aliphatic carbocycles. The fourth-order valence-corrected chi connectivity index (χ4v) is 10.0. The van der Waals surface area contributed by atoms with Crippen LogP contribution in [0.25, 0.3) is 0 Å². The molecule has 0 radical (unpaired) electrons. The second-order valence-electron chi connectivity index (χ2n) is 14.1. The number of hydrogen-bond donors (Lipinski definition) is 1. The van der Waals surface area contributed by atoms with Crippen LogP contribution in [0.5, 0.6) is 0 Å². The van der Waals surface area contributed by atoms with Crippen LogP contribution in [0.1, 0.15) is 54.9 Å². The average Bonchev–Trinajstić information content (AvgIpc) is 3.22. The molecule has 7 aromatic carbocycles. The number of aryl methyl sites for hydroxylation is 8. The molecule has 0 aromatic heterocycles. The van der Waals surface area contributed by atoms with Crippen LogP contribution in [-0.4, -0.2) is 11.1 Å². The molecule has 0 saturated carbocycles. The Kier molecular flexibility index (Phi) is 12.6. The molecule has 0 heterocycles. The van der Waals surface area contributed by atoms with Gasteiger partial charge in [-0.2, -0.15) is 0 Å². The van der Waals surface area contributed by atoms with Gasteiger partial charge in [0.05, 0.1) is 5.56 Å². The van der Waals surface area contributed by atoms with Crippen molar-refractivity contribution in [2.75, 3.05) is 0 Å². The summed E-state index contributed by atoms with van der Waals surface area (Å²) >= 11 is 0. The van der Waals surface area contributed by atoms with Crippen LogP contribution in [0, 0.1) is 0 Å². The predicted octanol–water partition coefficient (Wildman–Crippen LogP) is 10.3. The monoisotopic (exact) mass is 722 g/mol. The molecule has 1 N–H and O–H groups in total. The van der Waals surface area contributed by atoms with Crippen LogP contribution < -0.4 is 15.9 Å². The Bertz CT molecular complexity index is 1990. The first kappa shape index (κ1) is 36.8. The van der Waals surface area contributed by atoms with Gasteiger partial charge in [0.25, 0.3) is 0 Å². The van der Waals surface area contributed by atoms with Crippen LogP contribution in [0.4, 0.5) is 0 Å². The van der Waals surface area contributed by atoms with Crippen LogP contribution in [0.15, 0.2) is 182 Å². The molecule has 0 aliphatic heterocycles. The maximum Gasteiger partial charge on any atom is 0.336 e.